The standard InChI is InChI=1S/C14H21N/c1-3-15-12-8-4-5-10-14-11-7-6-9-13(14)2/h4-7,9,11,15H,3,8,10,12H2,1-2H3. The number of allylic oxidation sites excluding steroid dienone is 1. The quantitative estimate of drug-likeness (QED) is 0.553. The molecule has 0 saturated carbocycles. The van der Waals surface area contributed by atoms with Crippen molar-refractivity contribution in [2.75, 3.05) is 13.1 Å². The van der Waals surface area contributed by atoms with Crippen LogP contribution >= 0.6 is 0 Å². The Kier molecular flexibility index (Phi) is 5.79. The van der Waals surface area contributed by atoms with Crippen LogP contribution in [0.15, 0.2) is 36.4 Å². The number of hydrogen-bond acceptors (Lipinski definition) is 1. The molecular weight excluding hydrogens is 182 g/mol. The molecule has 0 aliphatic heterocycles. The van der Waals surface area contributed by atoms with Crippen LogP contribution in [0.4, 0.5) is 0 Å². The number of aryl methyl sites for hydroxylation is 1. The SMILES string of the molecule is CCNCCC=CCc1ccccc1C. The van der Waals surface area contributed by atoms with Gasteiger partial charge in [0.1, 0.15) is 0 Å². The minimum absolute atomic E-state index is 1.05. The third-order valence-electron chi connectivity index (χ3n) is 2.50. The van der Waals surface area contributed by atoms with E-state index in [4.69, 9.17) is 0 Å². The van der Waals surface area contributed by atoms with Gasteiger partial charge in [-0.15, -0.1) is 0 Å². The van der Waals surface area contributed by atoms with Gasteiger partial charge in [0.15, 0.2) is 0 Å². The first-order chi connectivity index (χ1) is 7.34. The Balaban J connectivity index is 2.28. The molecule has 0 heterocycles. The molecule has 0 atom stereocenters. The largest absolute Gasteiger partial charge is 0.317 e. The van der Waals surface area contributed by atoms with Crippen LogP contribution < -0.4 is 5.32 Å². The molecule has 0 amide bonds. The van der Waals surface area contributed by atoms with Crippen molar-refractivity contribution in [2.24, 2.45) is 0 Å². The summed E-state index contributed by atoms with van der Waals surface area (Å²) < 4.78 is 0. The van der Waals surface area contributed by atoms with Gasteiger partial charge in [0.05, 0.1) is 0 Å². The topological polar surface area (TPSA) is 12.0 Å². The first-order valence-corrected chi connectivity index (χ1v) is 5.74. The maximum Gasteiger partial charge on any atom is -0.00144 e. The van der Waals surface area contributed by atoms with Crippen LogP contribution in [0.5, 0.6) is 0 Å². The summed E-state index contributed by atoms with van der Waals surface area (Å²) in [7, 11) is 0. The Morgan fingerprint density at radius 2 is 2.00 bits per heavy atom. The van der Waals surface area contributed by atoms with E-state index in [2.05, 4.69) is 55.6 Å². The highest BCUT2D eigenvalue weighted by atomic mass is 14.8. The van der Waals surface area contributed by atoms with Gasteiger partial charge in [-0.05, 0) is 44.0 Å². The van der Waals surface area contributed by atoms with Crippen molar-refractivity contribution in [1.29, 1.82) is 0 Å². The van der Waals surface area contributed by atoms with Crippen molar-refractivity contribution in [3.63, 3.8) is 0 Å². The minimum Gasteiger partial charge on any atom is -0.317 e. The fourth-order valence-electron chi connectivity index (χ4n) is 1.53. The Bertz CT molecular complexity index is 302. The molecule has 0 aliphatic rings. The molecule has 15 heavy (non-hydrogen) atoms. The van der Waals surface area contributed by atoms with Crippen LogP contribution in [0.25, 0.3) is 0 Å². The van der Waals surface area contributed by atoms with Crippen molar-refractivity contribution < 1.29 is 0 Å². The van der Waals surface area contributed by atoms with Gasteiger partial charge in [0.25, 0.3) is 0 Å². The van der Waals surface area contributed by atoms with Gasteiger partial charge in [-0.1, -0.05) is 43.3 Å². The summed E-state index contributed by atoms with van der Waals surface area (Å²) >= 11 is 0. The molecule has 0 aliphatic carbocycles. The Hall–Kier alpha value is -1.08. The van der Waals surface area contributed by atoms with Crippen molar-refractivity contribution in [1.82, 2.24) is 5.32 Å². The van der Waals surface area contributed by atoms with Crippen molar-refractivity contribution in [3.05, 3.63) is 47.5 Å². The predicted octanol–water partition coefficient (Wildman–Crippen LogP) is 3.09. The fourth-order valence-corrected chi connectivity index (χ4v) is 1.53. The molecule has 1 N–H and O–H groups in total. The smallest absolute Gasteiger partial charge is 0.00144 e. The summed E-state index contributed by atoms with van der Waals surface area (Å²) in [5, 5.41) is 3.31. The van der Waals surface area contributed by atoms with Gasteiger partial charge in [-0.25, -0.2) is 0 Å². The maximum absolute atomic E-state index is 3.31. The summed E-state index contributed by atoms with van der Waals surface area (Å²) in [4.78, 5) is 0. The van der Waals surface area contributed by atoms with Crippen LogP contribution in [-0.2, 0) is 6.42 Å². The summed E-state index contributed by atoms with van der Waals surface area (Å²) in [6.07, 6.45) is 6.70. The summed E-state index contributed by atoms with van der Waals surface area (Å²) in [6, 6.07) is 8.56. The van der Waals surface area contributed by atoms with Crippen molar-refractivity contribution >= 4 is 0 Å². The molecule has 1 rings (SSSR count). The maximum atomic E-state index is 3.31. The zero-order chi connectivity index (χ0) is 10.9. The van der Waals surface area contributed by atoms with Gasteiger partial charge >= 0.3 is 0 Å². The van der Waals surface area contributed by atoms with Crippen molar-refractivity contribution in [3.8, 4) is 0 Å². The molecule has 0 saturated heterocycles. The fraction of sp³-hybridized carbons (Fsp3) is 0.429. The molecule has 0 radical (unpaired) electrons. The van der Waals surface area contributed by atoms with E-state index >= 15 is 0 Å². The number of hydrogen-bond donors (Lipinski definition) is 1. The molecule has 0 bridgehead atoms. The van der Waals surface area contributed by atoms with Gasteiger partial charge in [-0.2, -0.15) is 0 Å². The van der Waals surface area contributed by atoms with E-state index in [0.717, 1.165) is 25.9 Å². The third-order valence-corrected chi connectivity index (χ3v) is 2.50. The highest BCUT2D eigenvalue weighted by Gasteiger charge is 1.92. The molecule has 0 unspecified atom stereocenters. The van der Waals surface area contributed by atoms with Crippen LogP contribution in [0.3, 0.4) is 0 Å². The van der Waals surface area contributed by atoms with Crippen LogP contribution in [-0.4, -0.2) is 13.1 Å². The van der Waals surface area contributed by atoms with E-state index < -0.39 is 0 Å². The average Bonchev–Trinajstić information content (AvgIpc) is 2.25. The molecule has 1 nitrogen and oxygen atoms in total. The first kappa shape index (κ1) is 12.0. The minimum atomic E-state index is 1.05. The van der Waals surface area contributed by atoms with E-state index in [1.165, 1.54) is 11.1 Å². The lowest BCUT2D eigenvalue weighted by atomic mass is 10.1. The number of benzene rings is 1. The molecular formula is C14H21N. The lowest BCUT2D eigenvalue weighted by molar-refractivity contribution is 0.726. The first-order valence-electron chi connectivity index (χ1n) is 5.74. The normalized spacial score (nSPS) is 11.1. The second kappa shape index (κ2) is 7.24. The van der Waals surface area contributed by atoms with Crippen molar-refractivity contribution in [2.45, 2.75) is 26.7 Å². The number of rotatable bonds is 6. The zero-order valence-electron chi connectivity index (χ0n) is 9.79. The zero-order valence-corrected chi connectivity index (χ0v) is 9.79. The third kappa shape index (κ3) is 4.80. The summed E-state index contributed by atoms with van der Waals surface area (Å²) in [5.74, 6) is 0. The van der Waals surface area contributed by atoms with E-state index in [0.29, 0.717) is 0 Å². The molecule has 1 aromatic carbocycles. The van der Waals surface area contributed by atoms with E-state index in [1.807, 2.05) is 0 Å². The molecule has 1 heteroatoms. The van der Waals surface area contributed by atoms with Crippen LogP contribution in [0.1, 0.15) is 24.5 Å². The van der Waals surface area contributed by atoms with Gasteiger partial charge in [-0.3, -0.25) is 0 Å². The molecule has 0 aromatic heterocycles. The molecule has 0 spiro atoms. The Morgan fingerprint density at radius 1 is 1.20 bits per heavy atom. The monoisotopic (exact) mass is 203 g/mol. The highest BCUT2D eigenvalue weighted by Crippen LogP contribution is 2.07. The second-order valence-electron chi connectivity index (χ2n) is 3.74. The van der Waals surface area contributed by atoms with E-state index in [1.54, 1.807) is 0 Å². The lowest BCUT2D eigenvalue weighted by Gasteiger charge is -2.01. The summed E-state index contributed by atoms with van der Waals surface area (Å²) in [5.41, 5.74) is 2.81. The van der Waals surface area contributed by atoms with Gasteiger partial charge in [0, 0.05) is 0 Å². The second-order valence-corrected chi connectivity index (χ2v) is 3.74. The van der Waals surface area contributed by atoms with Gasteiger partial charge in [0.2, 0.25) is 0 Å². The van der Waals surface area contributed by atoms with Crippen LogP contribution in [0.2, 0.25) is 0 Å². The van der Waals surface area contributed by atoms with E-state index in [-0.39, 0.29) is 0 Å². The molecule has 0 fully saturated rings. The predicted molar refractivity (Wildman–Crippen MR) is 67.2 cm³/mol. The molecule has 1 aromatic rings. The Morgan fingerprint density at radius 3 is 2.73 bits per heavy atom. The highest BCUT2D eigenvalue weighted by molar-refractivity contribution is 5.27. The molecule has 82 valence electrons. The lowest BCUT2D eigenvalue weighted by Crippen LogP contribution is -2.12. The van der Waals surface area contributed by atoms with E-state index in [9.17, 15) is 0 Å². The number of nitrogens with one attached hydrogen (secondary N) is 1. The average molecular weight is 203 g/mol. The summed E-state index contributed by atoms with van der Waals surface area (Å²) in [6.45, 7) is 6.45. The van der Waals surface area contributed by atoms with Gasteiger partial charge < -0.3 is 5.32 Å². The van der Waals surface area contributed by atoms with Crippen LogP contribution in [0, 0.1) is 6.92 Å². The Labute approximate surface area is 93.2 Å².